The van der Waals surface area contributed by atoms with Gasteiger partial charge in [0.1, 0.15) is 16.8 Å². The van der Waals surface area contributed by atoms with Crippen molar-refractivity contribution < 1.29 is 24.0 Å². The van der Waals surface area contributed by atoms with Gasteiger partial charge in [0.25, 0.3) is 0 Å². The van der Waals surface area contributed by atoms with E-state index < -0.39 is 22.9 Å². The van der Waals surface area contributed by atoms with Gasteiger partial charge in [-0.15, -0.1) is 0 Å². The molecule has 0 bridgehead atoms. The number of amidine groups is 1. The van der Waals surface area contributed by atoms with Gasteiger partial charge in [-0.05, 0) is 53.9 Å². The summed E-state index contributed by atoms with van der Waals surface area (Å²) in [7, 11) is 0. The van der Waals surface area contributed by atoms with Crippen molar-refractivity contribution in [2.45, 2.75) is 59.4 Å². The summed E-state index contributed by atoms with van der Waals surface area (Å²) in [5.74, 6) is -1.13. The quantitative estimate of drug-likeness (QED) is 0.322. The van der Waals surface area contributed by atoms with Gasteiger partial charge in [0, 0.05) is 6.54 Å². The standard InChI is InChI=1S/C16H27N3O5/c1-6-23-14(22)16(5,17)9-7-8-10-19-11(2)18-24-13(21)15(3,4)12(19)20/h6-10,17H2,1-5H3. The van der Waals surface area contributed by atoms with E-state index in [-0.39, 0.29) is 12.5 Å². The molecule has 1 heterocycles. The number of hydrogen-bond donors (Lipinski definition) is 1. The molecule has 1 aliphatic heterocycles. The van der Waals surface area contributed by atoms with Crippen LogP contribution in [0.15, 0.2) is 5.16 Å². The van der Waals surface area contributed by atoms with Gasteiger partial charge >= 0.3 is 11.9 Å². The highest BCUT2D eigenvalue weighted by atomic mass is 16.7. The second kappa shape index (κ2) is 7.74. The lowest BCUT2D eigenvalue weighted by molar-refractivity contribution is -0.159. The van der Waals surface area contributed by atoms with Crippen molar-refractivity contribution in [2.75, 3.05) is 13.2 Å². The number of nitrogens with two attached hydrogens (primary N) is 1. The van der Waals surface area contributed by atoms with E-state index in [4.69, 9.17) is 15.3 Å². The average molecular weight is 341 g/mol. The molecule has 0 aromatic rings. The SMILES string of the molecule is CCOC(=O)C(C)(N)CCCCN1C(=O)C(C)(C)C(=O)ON=C1C. The first-order valence-electron chi connectivity index (χ1n) is 8.08. The van der Waals surface area contributed by atoms with Crippen LogP contribution in [0.5, 0.6) is 0 Å². The highest BCUT2D eigenvalue weighted by molar-refractivity contribution is 6.10. The number of carbonyl (C=O) groups excluding carboxylic acids is 3. The number of unbranched alkanes of at least 4 members (excludes halogenated alkanes) is 1. The molecule has 0 saturated heterocycles. The van der Waals surface area contributed by atoms with E-state index in [1.165, 1.54) is 18.7 Å². The monoisotopic (exact) mass is 341 g/mol. The topological polar surface area (TPSA) is 111 Å². The molecular weight excluding hydrogens is 314 g/mol. The minimum absolute atomic E-state index is 0.284. The summed E-state index contributed by atoms with van der Waals surface area (Å²) >= 11 is 0. The number of carbonyl (C=O) groups is 3. The average Bonchev–Trinajstić information content (AvgIpc) is 2.57. The Morgan fingerprint density at radius 1 is 1.38 bits per heavy atom. The van der Waals surface area contributed by atoms with Crippen LogP contribution in [0.25, 0.3) is 0 Å². The minimum Gasteiger partial charge on any atom is -0.465 e. The van der Waals surface area contributed by atoms with E-state index in [9.17, 15) is 14.4 Å². The summed E-state index contributed by atoms with van der Waals surface area (Å²) < 4.78 is 4.94. The van der Waals surface area contributed by atoms with Crippen molar-refractivity contribution in [2.24, 2.45) is 16.3 Å². The number of ether oxygens (including phenoxy) is 1. The molecular formula is C16H27N3O5. The molecule has 0 aliphatic carbocycles. The summed E-state index contributed by atoms with van der Waals surface area (Å²) in [5.41, 5.74) is 3.62. The Balaban J connectivity index is 2.61. The Morgan fingerprint density at radius 3 is 2.58 bits per heavy atom. The zero-order valence-electron chi connectivity index (χ0n) is 15.0. The van der Waals surface area contributed by atoms with Crippen molar-refractivity contribution in [3.63, 3.8) is 0 Å². The Labute approximate surface area is 142 Å². The molecule has 1 unspecified atom stereocenters. The van der Waals surface area contributed by atoms with Crippen LogP contribution in [-0.4, -0.2) is 47.3 Å². The highest BCUT2D eigenvalue weighted by Gasteiger charge is 2.44. The Kier molecular flexibility index (Phi) is 6.48. The van der Waals surface area contributed by atoms with Gasteiger partial charge in [-0.2, -0.15) is 0 Å². The van der Waals surface area contributed by atoms with Gasteiger partial charge in [0.05, 0.1) is 6.61 Å². The fourth-order valence-corrected chi connectivity index (χ4v) is 2.27. The molecule has 0 radical (unpaired) electrons. The summed E-state index contributed by atoms with van der Waals surface area (Å²) in [4.78, 5) is 42.2. The summed E-state index contributed by atoms with van der Waals surface area (Å²) in [6, 6.07) is 0. The third kappa shape index (κ3) is 4.53. The molecule has 2 N–H and O–H groups in total. The van der Waals surface area contributed by atoms with Gasteiger partial charge in [-0.1, -0.05) is 5.16 Å². The summed E-state index contributed by atoms with van der Waals surface area (Å²) in [5, 5.41) is 3.69. The lowest BCUT2D eigenvalue weighted by Gasteiger charge is -2.27. The molecule has 136 valence electrons. The van der Waals surface area contributed by atoms with E-state index in [1.807, 2.05) is 0 Å². The number of esters is 1. The molecule has 24 heavy (non-hydrogen) atoms. The maximum absolute atomic E-state index is 12.5. The fraction of sp³-hybridized carbons (Fsp3) is 0.750. The largest absolute Gasteiger partial charge is 0.465 e. The van der Waals surface area contributed by atoms with E-state index in [0.717, 1.165) is 0 Å². The van der Waals surface area contributed by atoms with Gasteiger partial charge in [0.15, 0.2) is 0 Å². The van der Waals surface area contributed by atoms with Crippen molar-refractivity contribution in [3.8, 4) is 0 Å². The van der Waals surface area contributed by atoms with Crippen LogP contribution in [0.3, 0.4) is 0 Å². The molecule has 8 nitrogen and oxygen atoms in total. The zero-order valence-corrected chi connectivity index (χ0v) is 15.0. The molecule has 1 atom stereocenters. The number of rotatable bonds is 7. The number of oxime groups is 1. The third-order valence-electron chi connectivity index (χ3n) is 4.01. The molecule has 1 aliphatic rings. The van der Waals surface area contributed by atoms with Crippen molar-refractivity contribution in [1.82, 2.24) is 4.90 Å². The fourth-order valence-electron chi connectivity index (χ4n) is 2.27. The normalized spacial score (nSPS) is 19.9. The van der Waals surface area contributed by atoms with Crippen LogP contribution in [0.4, 0.5) is 0 Å². The third-order valence-corrected chi connectivity index (χ3v) is 4.01. The van der Waals surface area contributed by atoms with Crippen molar-refractivity contribution >= 4 is 23.7 Å². The molecule has 1 rings (SSSR count). The first-order valence-corrected chi connectivity index (χ1v) is 8.08. The predicted molar refractivity (Wildman–Crippen MR) is 87.8 cm³/mol. The highest BCUT2D eigenvalue weighted by Crippen LogP contribution is 2.25. The van der Waals surface area contributed by atoms with Crippen molar-refractivity contribution in [1.29, 1.82) is 0 Å². The van der Waals surface area contributed by atoms with Crippen LogP contribution >= 0.6 is 0 Å². The van der Waals surface area contributed by atoms with Crippen molar-refractivity contribution in [3.05, 3.63) is 0 Å². The van der Waals surface area contributed by atoms with E-state index >= 15 is 0 Å². The summed E-state index contributed by atoms with van der Waals surface area (Å²) in [6.07, 6.45) is 1.66. The number of nitrogens with zero attached hydrogens (tertiary/aromatic N) is 2. The molecule has 0 fully saturated rings. The second-order valence-corrected chi connectivity index (χ2v) is 6.69. The van der Waals surface area contributed by atoms with Gasteiger partial charge in [0.2, 0.25) is 5.91 Å². The lowest BCUT2D eigenvalue weighted by Crippen LogP contribution is -2.47. The Bertz CT molecular complexity index is 540. The molecule has 0 saturated carbocycles. The number of hydrogen-bond acceptors (Lipinski definition) is 7. The molecule has 1 amide bonds. The first kappa shape index (κ1) is 20.1. The van der Waals surface area contributed by atoms with Gasteiger partial charge in [-0.3, -0.25) is 14.5 Å². The predicted octanol–water partition coefficient (Wildman–Crippen LogP) is 1.18. The minimum atomic E-state index is -1.28. The van der Waals surface area contributed by atoms with Crippen LogP contribution < -0.4 is 5.73 Å². The van der Waals surface area contributed by atoms with E-state index in [2.05, 4.69) is 5.16 Å². The second-order valence-electron chi connectivity index (χ2n) is 6.69. The lowest BCUT2D eigenvalue weighted by atomic mass is 9.91. The maximum atomic E-state index is 12.5. The smallest absolute Gasteiger partial charge is 0.349 e. The summed E-state index contributed by atoms with van der Waals surface area (Å²) in [6.45, 7) is 8.64. The molecule has 8 heteroatoms. The maximum Gasteiger partial charge on any atom is 0.349 e. The van der Waals surface area contributed by atoms with Crippen LogP contribution in [0.1, 0.15) is 53.9 Å². The van der Waals surface area contributed by atoms with E-state index in [1.54, 1.807) is 20.8 Å². The first-order chi connectivity index (χ1) is 11.0. The van der Waals surface area contributed by atoms with Crippen LogP contribution in [-0.2, 0) is 24.0 Å². The number of amides is 1. The van der Waals surface area contributed by atoms with Gasteiger partial charge in [-0.25, -0.2) is 4.79 Å². The van der Waals surface area contributed by atoms with Crippen LogP contribution in [0.2, 0.25) is 0 Å². The Morgan fingerprint density at radius 2 is 2.00 bits per heavy atom. The van der Waals surface area contributed by atoms with E-state index in [0.29, 0.717) is 31.6 Å². The molecule has 0 aromatic carbocycles. The Hall–Kier alpha value is -1.96. The molecule has 0 spiro atoms. The zero-order chi connectivity index (χ0) is 18.5. The molecule has 0 aromatic heterocycles. The van der Waals surface area contributed by atoms with Crippen LogP contribution in [0, 0.1) is 5.41 Å². The van der Waals surface area contributed by atoms with Gasteiger partial charge < -0.3 is 15.3 Å².